The second-order valence-corrected chi connectivity index (χ2v) is 6.82. The highest BCUT2D eigenvalue weighted by atomic mass is 16.5. The summed E-state index contributed by atoms with van der Waals surface area (Å²) in [5.74, 6) is -0.0250. The monoisotopic (exact) mass is 345 g/mol. The third-order valence-corrected chi connectivity index (χ3v) is 4.99. The Labute approximate surface area is 146 Å². The quantitative estimate of drug-likeness (QED) is 0.888. The van der Waals surface area contributed by atoms with Crippen LogP contribution in [0.1, 0.15) is 59.6 Å². The fraction of sp³-hybridized carbons (Fsp3) is 0.500. The van der Waals surface area contributed by atoms with Crippen molar-refractivity contribution in [2.75, 3.05) is 0 Å². The zero-order valence-corrected chi connectivity index (χ0v) is 14.8. The number of hydrogen-bond acceptors (Lipinski definition) is 4. The number of carboxylic acid groups (broad SMARTS) is 1. The van der Waals surface area contributed by atoms with Gasteiger partial charge in [0.1, 0.15) is 11.3 Å². The normalized spacial score (nSPS) is 16.6. The standard InChI is InChI=1S/C18H23N3O4/c1-11-9-14(13(3)21(11)15-10-12(2)25-20-15)16(22)19-18(17(23)24)7-5-4-6-8-18/h9-10H,4-8H2,1-3H3,(H,19,22)(H,23,24). The molecule has 1 fully saturated rings. The van der Waals surface area contributed by atoms with E-state index in [0.717, 1.165) is 25.0 Å². The lowest BCUT2D eigenvalue weighted by atomic mass is 9.81. The SMILES string of the molecule is Cc1cc(-n2c(C)cc(C(=O)NC3(C(=O)O)CCCCC3)c2C)no1. The summed E-state index contributed by atoms with van der Waals surface area (Å²) in [6.07, 6.45) is 3.56. The van der Waals surface area contributed by atoms with Gasteiger partial charge in [-0.3, -0.25) is 9.36 Å². The topological polar surface area (TPSA) is 97.4 Å². The van der Waals surface area contributed by atoms with Gasteiger partial charge in [0.25, 0.3) is 5.91 Å². The number of carboxylic acids is 1. The van der Waals surface area contributed by atoms with Crippen molar-refractivity contribution in [1.82, 2.24) is 15.0 Å². The number of amides is 1. The van der Waals surface area contributed by atoms with E-state index in [1.165, 1.54) is 0 Å². The number of nitrogens with zero attached hydrogens (tertiary/aromatic N) is 2. The molecule has 3 rings (SSSR count). The van der Waals surface area contributed by atoms with Crippen LogP contribution in [0.5, 0.6) is 0 Å². The largest absolute Gasteiger partial charge is 0.480 e. The molecule has 7 heteroatoms. The van der Waals surface area contributed by atoms with E-state index in [1.807, 2.05) is 18.4 Å². The van der Waals surface area contributed by atoms with E-state index in [4.69, 9.17) is 4.52 Å². The minimum Gasteiger partial charge on any atom is -0.480 e. The number of aromatic nitrogens is 2. The van der Waals surface area contributed by atoms with Gasteiger partial charge in [0, 0.05) is 17.5 Å². The fourth-order valence-corrected chi connectivity index (χ4v) is 3.64. The van der Waals surface area contributed by atoms with Gasteiger partial charge >= 0.3 is 5.97 Å². The number of rotatable bonds is 4. The Morgan fingerprint density at radius 3 is 2.44 bits per heavy atom. The first kappa shape index (κ1) is 17.3. The summed E-state index contributed by atoms with van der Waals surface area (Å²) in [4.78, 5) is 24.6. The predicted octanol–water partition coefficient (Wildman–Crippen LogP) is 2.91. The highest BCUT2D eigenvalue weighted by molar-refractivity contribution is 5.99. The highest BCUT2D eigenvalue weighted by Gasteiger charge is 2.41. The number of carbonyl (C=O) groups excluding carboxylic acids is 1. The zero-order valence-electron chi connectivity index (χ0n) is 14.8. The molecule has 1 aliphatic rings. The first-order chi connectivity index (χ1) is 11.8. The van der Waals surface area contributed by atoms with Crippen LogP contribution in [0, 0.1) is 20.8 Å². The molecule has 0 aliphatic heterocycles. The minimum absolute atomic E-state index is 0.358. The van der Waals surface area contributed by atoms with Crippen LogP contribution in [0.25, 0.3) is 5.82 Å². The Morgan fingerprint density at radius 1 is 1.20 bits per heavy atom. The van der Waals surface area contributed by atoms with Gasteiger partial charge in [-0.2, -0.15) is 0 Å². The number of hydrogen-bond donors (Lipinski definition) is 2. The lowest BCUT2D eigenvalue weighted by Crippen LogP contribution is -2.55. The lowest BCUT2D eigenvalue weighted by molar-refractivity contribution is -0.145. The van der Waals surface area contributed by atoms with Gasteiger partial charge in [0.15, 0.2) is 5.82 Å². The van der Waals surface area contributed by atoms with Gasteiger partial charge in [0.2, 0.25) is 0 Å². The van der Waals surface area contributed by atoms with Gasteiger partial charge in [-0.15, -0.1) is 0 Å². The van der Waals surface area contributed by atoms with E-state index in [-0.39, 0.29) is 5.91 Å². The summed E-state index contributed by atoms with van der Waals surface area (Å²) >= 11 is 0. The average molecular weight is 345 g/mol. The van der Waals surface area contributed by atoms with Crippen molar-refractivity contribution in [2.45, 2.75) is 58.4 Å². The molecule has 134 valence electrons. The summed E-state index contributed by atoms with van der Waals surface area (Å²) < 4.78 is 6.95. The average Bonchev–Trinajstić information content (AvgIpc) is 3.11. The molecule has 0 bridgehead atoms. The molecular weight excluding hydrogens is 322 g/mol. The van der Waals surface area contributed by atoms with Crippen LogP contribution in [-0.2, 0) is 4.79 Å². The van der Waals surface area contributed by atoms with Gasteiger partial charge in [-0.1, -0.05) is 24.4 Å². The van der Waals surface area contributed by atoms with Crippen LogP contribution in [0.3, 0.4) is 0 Å². The molecule has 0 saturated heterocycles. The molecule has 25 heavy (non-hydrogen) atoms. The van der Waals surface area contributed by atoms with Crippen molar-refractivity contribution >= 4 is 11.9 Å². The van der Waals surface area contributed by atoms with E-state index in [9.17, 15) is 14.7 Å². The van der Waals surface area contributed by atoms with Gasteiger partial charge in [-0.25, -0.2) is 4.79 Å². The molecule has 1 amide bonds. The Hall–Kier alpha value is -2.57. The number of aliphatic carboxylic acids is 1. The Bertz CT molecular complexity index is 812. The molecule has 1 saturated carbocycles. The molecule has 2 N–H and O–H groups in total. The highest BCUT2D eigenvalue weighted by Crippen LogP contribution is 2.29. The molecule has 1 aliphatic carbocycles. The molecule has 0 unspecified atom stereocenters. The minimum atomic E-state index is -1.16. The second-order valence-electron chi connectivity index (χ2n) is 6.82. The van der Waals surface area contributed by atoms with E-state index in [0.29, 0.717) is 35.7 Å². The first-order valence-electron chi connectivity index (χ1n) is 8.52. The van der Waals surface area contributed by atoms with Crippen LogP contribution in [0.15, 0.2) is 16.7 Å². The summed E-state index contributed by atoms with van der Waals surface area (Å²) in [6.45, 7) is 5.50. The molecule has 0 spiro atoms. The molecule has 2 aromatic heterocycles. The summed E-state index contributed by atoms with van der Waals surface area (Å²) in [5.41, 5.74) is 0.843. The summed E-state index contributed by atoms with van der Waals surface area (Å²) in [7, 11) is 0. The maximum absolute atomic E-state index is 12.8. The predicted molar refractivity (Wildman–Crippen MR) is 91.0 cm³/mol. The number of aryl methyl sites for hydroxylation is 2. The van der Waals surface area contributed by atoms with Crippen molar-refractivity contribution in [2.24, 2.45) is 0 Å². The van der Waals surface area contributed by atoms with Crippen molar-refractivity contribution in [3.63, 3.8) is 0 Å². The molecule has 0 atom stereocenters. The molecule has 7 nitrogen and oxygen atoms in total. The van der Waals surface area contributed by atoms with Crippen molar-refractivity contribution < 1.29 is 19.2 Å². The molecule has 0 radical (unpaired) electrons. The van der Waals surface area contributed by atoms with E-state index < -0.39 is 11.5 Å². The van der Waals surface area contributed by atoms with Crippen molar-refractivity contribution in [1.29, 1.82) is 0 Å². The van der Waals surface area contributed by atoms with E-state index in [2.05, 4.69) is 10.5 Å². The van der Waals surface area contributed by atoms with Crippen LogP contribution >= 0.6 is 0 Å². The molecule has 2 aromatic rings. The summed E-state index contributed by atoms with van der Waals surface area (Å²) in [5, 5.41) is 16.4. The Balaban J connectivity index is 1.91. The van der Waals surface area contributed by atoms with Crippen molar-refractivity contribution in [3.8, 4) is 5.82 Å². The van der Waals surface area contributed by atoms with Crippen LogP contribution in [0.4, 0.5) is 0 Å². The van der Waals surface area contributed by atoms with Crippen LogP contribution in [-0.4, -0.2) is 32.2 Å². The van der Waals surface area contributed by atoms with Crippen LogP contribution in [0.2, 0.25) is 0 Å². The summed E-state index contributed by atoms with van der Waals surface area (Å²) in [6, 6.07) is 3.55. The molecular formula is C18H23N3O4. The Morgan fingerprint density at radius 2 is 1.88 bits per heavy atom. The Kier molecular flexibility index (Phi) is 4.41. The van der Waals surface area contributed by atoms with Gasteiger partial charge in [-0.05, 0) is 39.7 Å². The third kappa shape index (κ3) is 3.06. The van der Waals surface area contributed by atoms with Crippen LogP contribution < -0.4 is 5.32 Å². The van der Waals surface area contributed by atoms with E-state index >= 15 is 0 Å². The van der Waals surface area contributed by atoms with Gasteiger partial charge in [0.05, 0.1) is 5.56 Å². The lowest BCUT2D eigenvalue weighted by Gasteiger charge is -2.33. The zero-order chi connectivity index (χ0) is 18.2. The number of nitrogens with one attached hydrogen (secondary N) is 1. The second kappa shape index (κ2) is 6.38. The smallest absolute Gasteiger partial charge is 0.329 e. The van der Waals surface area contributed by atoms with Gasteiger partial charge < -0.3 is 14.9 Å². The number of carbonyl (C=O) groups is 2. The maximum atomic E-state index is 12.8. The third-order valence-electron chi connectivity index (χ3n) is 4.99. The fourth-order valence-electron chi connectivity index (χ4n) is 3.64. The van der Waals surface area contributed by atoms with E-state index in [1.54, 1.807) is 19.1 Å². The van der Waals surface area contributed by atoms with Crippen molar-refractivity contribution in [3.05, 3.63) is 34.8 Å². The maximum Gasteiger partial charge on any atom is 0.329 e. The molecule has 2 heterocycles. The first-order valence-corrected chi connectivity index (χ1v) is 8.52. The molecule has 0 aromatic carbocycles.